The molecule has 0 atom stereocenters. The topological polar surface area (TPSA) is 52.0 Å². The van der Waals surface area contributed by atoms with E-state index in [1.165, 1.54) is 0 Å². The molecule has 0 rings (SSSR count). The van der Waals surface area contributed by atoms with Crippen LogP contribution in [0.4, 0.5) is 0 Å². The summed E-state index contributed by atoms with van der Waals surface area (Å²) < 4.78 is 0. The Balaban J connectivity index is 3.63. The van der Waals surface area contributed by atoms with Crippen LogP contribution in [0.5, 0.6) is 0 Å². The average molecular weight is 144 g/mol. The quantitative estimate of drug-likeness (QED) is 0.620. The van der Waals surface area contributed by atoms with Crippen molar-refractivity contribution < 1.29 is 0 Å². The van der Waals surface area contributed by atoms with E-state index >= 15 is 0 Å². The first kappa shape index (κ1) is 9.92. The molecule has 2 heteroatoms. The number of hydrogen-bond donors (Lipinski definition) is 2. The van der Waals surface area contributed by atoms with Gasteiger partial charge in [-0.2, -0.15) is 0 Å². The lowest BCUT2D eigenvalue weighted by Gasteiger charge is -2.23. The van der Waals surface area contributed by atoms with Crippen molar-refractivity contribution in [2.75, 3.05) is 13.1 Å². The Morgan fingerprint density at radius 3 is 1.60 bits per heavy atom. The highest BCUT2D eigenvalue weighted by Gasteiger charge is 2.15. The lowest BCUT2D eigenvalue weighted by atomic mass is 9.85. The molecule has 0 unspecified atom stereocenters. The Kier molecular flexibility index (Phi) is 3.91. The lowest BCUT2D eigenvalue weighted by molar-refractivity contribution is 0.301. The highest BCUT2D eigenvalue weighted by Crippen LogP contribution is 2.22. The summed E-state index contributed by atoms with van der Waals surface area (Å²) >= 11 is 0. The standard InChI is InChI=1S/C8H20N2/c1-8(2,3)4-7(5-9)6-10/h7H,4-6,9-10H2,1-3H3. The van der Waals surface area contributed by atoms with Gasteiger partial charge in [-0.3, -0.25) is 0 Å². The molecular formula is C8H20N2. The van der Waals surface area contributed by atoms with Gasteiger partial charge in [-0.15, -0.1) is 0 Å². The molecular weight excluding hydrogens is 124 g/mol. The van der Waals surface area contributed by atoms with Gasteiger partial charge in [0.05, 0.1) is 0 Å². The molecule has 0 amide bonds. The molecule has 0 aromatic carbocycles. The third-order valence-electron chi connectivity index (χ3n) is 1.57. The van der Waals surface area contributed by atoms with Gasteiger partial charge >= 0.3 is 0 Å². The summed E-state index contributed by atoms with van der Waals surface area (Å²) in [5.41, 5.74) is 11.4. The highest BCUT2D eigenvalue weighted by atomic mass is 14.6. The molecule has 0 fully saturated rings. The van der Waals surface area contributed by atoms with Gasteiger partial charge in [-0.25, -0.2) is 0 Å². The van der Waals surface area contributed by atoms with Crippen molar-refractivity contribution >= 4 is 0 Å². The first-order valence-corrected chi connectivity index (χ1v) is 3.89. The van der Waals surface area contributed by atoms with Crippen LogP contribution >= 0.6 is 0 Å². The number of nitrogens with two attached hydrogens (primary N) is 2. The Labute approximate surface area is 64.0 Å². The average Bonchev–Trinajstić information content (AvgIpc) is 1.81. The van der Waals surface area contributed by atoms with E-state index in [2.05, 4.69) is 20.8 Å². The molecule has 0 aliphatic rings. The normalized spacial score (nSPS) is 12.6. The van der Waals surface area contributed by atoms with Gasteiger partial charge < -0.3 is 11.5 Å². The summed E-state index contributed by atoms with van der Waals surface area (Å²) in [4.78, 5) is 0. The maximum Gasteiger partial charge on any atom is -0.00366 e. The van der Waals surface area contributed by atoms with E-state index < -0.39 is 0 Å². The molecule has 0 heterocycles. The van der Waals surface area contributed by atoms with Crippen molar-refractivity contribution in [1.82, 2.24) is 0 Å². The van der Waals surface area contributed by atoms with E-state index in [0.717, 1.165) is 6.42 Å². The van der Waals surface area contributed by atoms with Gasteiger partial charge in [-0.1, -0.05) is 20.8 Å². The molecule has 0 bridgehead atoms. The third kappa shape index (κ3) is 4.77. The van der Waals surface area contributed by atoms with Gasteiger partial charge in [-0.05, 0) is 30.8 Å². The van der Waals surface area contributed by atoms with E-state index in [1.807, 2.05) is 0 Å². The molecule has 0 saturated carbocycles. The number of hydrogen-bond acceptors (Lipinski definition) is 2. The molecule has 0 spiro atoms. The van der Waals surface area contributed by atoms with Crippen molar-refractivity contribution in [3.63, 3.8) is 0 Å². The first-order valence-electron chi connectivity index (χ1n) is 3.89. The maximum atomic E-state index is 5.51. The van der Waals surface area contributed by atoms with E-state index in [9.17, 15) is 0 Å². The van der Waals surface area contributed by atoms with Crippen LogP contribution in [0.1, 0.15) is 27.2 Å². The molecule has 0 aliphatic heterocycles. The van der Waals surface area contributed by atoms with Crippen molar-refractivity contribution in [2.45, 2.75) is 27.2 Å². The fourth-order valence-corrected chi connectivity index (χ4v) is 1.13. The minimum Gasteiger partial charge on any atom is -0.330 e. The second-order valence-corrected chi connectivity index (χ2v) is 4.10. The second-order valence-electron chi connectivity index (χ2n) is 4.10. The lowest BCUT2D eigenvalue weighted by Crippen LogP contribution is -2.27. The Morgan fingerprint density at radius 1 is 1.10 bits per heavy atom. The summed E-state index contributed by atoms with van der Waals surface area (Å²) in [5, 5.41) is 0. The van der Waals surface area contributed by atoms with Crippen molar-refractivity contribution in [1.29, 1.82) is 0 Å². The van der Waals surface area contributed by atoms with Crippen LogP contribution in [0, 0.1) is 11.3 Å². The summed E-state index contributed by atoms with van der Waals surface area (Å²) in [6.07, 6.45) is 1.12. The fourth-order valence-electron chi connectivity index (χ4n) is 1.13. The van der Waals surface area contributed by atoms with Gasteiger partial charge in [0, 0.05) is 0 Å². The molecule has 4 N–H and O–H groups in total. The first-order chi connectivity index (χ1) is 4.49. The Morgan fingerprint density at radius 2 is 1.50 bits per heavy atom. The molecule has 62 valence electrons. The van der Waals surface area contributed by atoms with E-state index in [1.54, 1.807) is 0 Å². The Hall–Kier alpha value is -0.0800. The largest absolute Gasteiger partial charge is 0.330 e. The molecule has 10 heavy (non-hydrogen) atoms. The van der Waals surface area contributed by atoms with Crippen LogP contribution in [-0.4, -0.2) is 13.1 Å². The molecule has 0 aliphatic carbocycles. The zero-order valence-corrected chi connectivity index (χ0v) is 7.35. The van der Waals surface area contributed by atoms with Gasteiger partial charge in [0.25, 0.3) is 0 Å². The van der Waals surface area contributed by atoms with E-state index in [0.29, 0.717) is 24.4 Å². The van der Waals surface area contributed by atoms with Crippen molar-refractivity contribution in [3.8, 4) is 0 Å². The van der Waals surface area contributed by atoms with Gasteiger partial charge in [0.1, 0.15) is 0 Å². The molecule has 0 aromatic rings. The van der Waals surface area contributed by atoms with Crippen molar-refractivity contribution in [3.05, 3.63) is 0 Å². The van der Waals surface area contributed by atoms with Crippen LogP contribution in [0.15, 0.2) is 0 Å². The van der Waals surface area contributed by atoms with Crippen LogP contribution in [0.3, 0.4) is 0 Å². The SMILES string of the molecule is CC(C)(C)CC(CN)CN. The summed E-state index contributed by atoms with van der Waals surface area (Å²) in [5.74, 6) is 0.500. The van der Waals surface area contributed by atoms with E-state index in [-0.39, 0.29) is 0 Å². The maximum absolute atomic E-state index is 5.51. The predicted molar refractivity (Wildman–Crippen MR) is 45.7 cm³/mol. The predicted octanol–water partition coefficient (Wildman–Crippen LogP) is 0.956. The summed E-state index contributed by atoms with van der Waals surface area (Å²) in [6.45, 7) is 8.07. The monoisotopic (exact) mass is 144 g/mol. The summed E-state index contributed by atoms with van der Waals surface area (Å²) in [7, 11) is 0. The minimum atomic E-state index is 0.364. The van der Waals surface area contributed by atoms with Gasteiger partial charge in [0.2, 0.25) is 0 Å². The summed E-state index contributed by atoms with van der Waals surface area (Å²) in [6, 6.07) is 0. The minimum absolute atomic E-state index is 0.364. The Bertz CT molecular complexity index is 79.7. The van der Waals surface area contributed by atoms with Crippen LogP contribution in [-0.2, 0) is 0 Å². The van der Waals surface area contributed by atoms with Crippen LogP contribution < -0.4 is 11.5 Å². The van der Waals surface area contributed by atoms with Crippen molar-refractivity contribution in [2.24, 2.45) is 22.8 Å². The fraction of sp³-hybridized carbons (Fsp3) is 1.00. The van der Waals surface area contributed by atoms with Crippen LogP contribution in [0.25, 0.3) is 0 Å². The van der Waals surface area contributed by atoms with Crippen LogP contribution in [0.2, 0.25) is 0 Å². The molecule has 0 radical (unpaired) electrons. The smallest absolute Gasteiger partial charge is 0.00366 e. The third-order valence-corrected chi connectivity index (χ3v) is 1.57. The highest BCUT2D eigenvalue weighted by molar-refractivity contribution is 4.70. The number of rotatable bonds is 3. The molecule has 0 saturated heterocycles. The molecule has 2 nitrogen and oxygen atoms in total. The molecule has 0 aromatic heterocycles. The van der Waals surface area contributed by atoms with Gasteiger partial charge in [0.15, 0.2) is 0 Å². The van der Waals surface area contributed by atoms with E-state index in [4.69, 9.17) is 11.5 Å². The zero-order valence-electron chi connectivity index (χ0n) is 7.35. The zero-order chi connectivity index (χ0) is 8.20. The second kappa shape index (κ2) is 3.94.